The molecule has 1 nitrogen and oxygen atoms in total. The van der Waals surface area contributed by atoms with Gasteiger partial charge in [0.05, 0.1) is 0 Å². The van der Waals surface area contributed by atoms with Gasteiger partial charge in [0.1, 0.15) is 0 Å². The van der Waals surface area contributed by atoms with Crippen molar-refractivity contribution >= 4 is 16.1 Å². The average Bonchev–Trinajstić information content (AvgIpc) is 1.91. The highest BCUT2D eigenvalue weighted by atomic mass is 31.2. The zero-order valence-corrected chi connectivity index (χ0v) is 17.1. The second kappa shape index (κ2) is 5.90. The van der Waals surface area contributed by atoms with Gasteiger partial charge in [0.25, 0.3) is 0 Å². The highest BCUT2D eigenvalue weighted by Crippen LogP contribution is 2.69. The maximum Gasteiger partial charge on any atom is -0.00233 e. The highest BCUT2D eigenvalue weighted by molar-refractivity contribution is 7.73. The molecular weight excluding hydrogens is 268 g/mol. The summed E-state index contributed by atoms with van der Waals surface area (Å²) in [6.45, 7) is 28.2. The quantitative estimate of drug-likeness (QED) is 0.512. The van der Waals surface area contributed by atoms with Gasteiger partial charge in [-0.15, -0.1) is 0 Å². The van der Waals surface area contributed by atoms with E-state index in [9.17, 15) is 0 Å². The van der Waals surface area contributed by atoms with Crippen LogP contribution < -0.4 is 4.86 Å². The molecule has 0 N–H and O–H groups in total. The Bertz CT molecular complexity index is 226. The van der Waals surface area contributed by atoms with E-state index in [0.29, 0.717) is 0 Å². The van der Waals surface area contributed by atoms with Crippen LogP contribution in [0.5, 0.6) is 0 Å². The lowest BCUT2D eigenvalue weighted by Crippen LogP contribution is -2.34. The molecular formula is C16H36NP2. The first kappa shape index (κ1) is 19.8. The molecule has 19 heavy (non-hydrogen) atoms. The molecule has 0 saturated carbocycles. The van der Waals surface area contributed by atoms with E-state index in [0.717, 1.165) is 0 Å². The summed E-state index contributed by atoms with van der Waals surface area (Å²) in [5, 5.41) is 1.13. The zero-order chi connectivity index (χ0) is 15.9. The molecule has 0 aromatic rings. The number of hydrogen-bond acceptors (Lipinski definition) is 0. The van der Waals surface area contributed by atoms with Crippen LogP contribution in [-0.2, 0) is 0 Å². The molecule has 0 bridgehead atoms. The first-order valence-electron chi connectivity index (χ1n) is 7.29. The first-order chi connectivity index (χ1) is 7.97. The van der Waals surface area contributed by atoms with Crippen LogP contribution in [0.25, 0.3) is 0 Å². The molecule has 3 heteroatoms. The van der Waals surface area contributed by atoms with Crippen LogP contribution in [0.4, 0.5) is 0 Å². The van der Waals surface area contributed by atoms with Gasteiger partial charge in [0, 0.05) is 0 Å². The summed E-state index contributed by atoms with van der Waals surface area (Å²) in [5.74, 6) is 0. The fourth-order valence-corrected chi connectivity index (χ4v) is 11.7. The summed E-state index contributed by atoms with van der Waals surface area (Å²) in [4.78, 5) is 5.49. The van der Waals surface area contributed by atoms with Gasteiger partial charge in [0.15, 0.2) is 0 Å². The summed E-state index contributed by atoms with van der Waals surface area (Å²) in [6, 6.07) is 0. The van der Waals surface area contributed by atoms with Crippen molar-refractivity contribution in [3.05, 3.63) is 0 Å². The van der Waals surface area contributed by atoms with Gasteiger partial charge in [-0.1, -0.05) is 83.1 Å². The molecule has 0 aromatic heterocycles. The number of rotatable bonds is 2. The summed E-state index contributed by atoms with van der Waals surface area (Å²) in [7, 11) is -0.714. The van der Waals surface area contributed by atoms with Crippen LogP contribution in [0.1, 0.15) is 83.1 Å². The van der Waals surface area contributed by atoms with E-state index in [-0.39, 0.29) is 36.8 Å². The second-order valence-electron chi connectivity index (χ2n) is 9.40. The Hall–Kier alpha value is 0.820. The minimum Gasteiger partial charge on any atom is -0.190 e. The largest absolute Gasteiger partial charge is 0.190 e. The Morgan fingerprint density at radius 3 is 0.684 bits per heavy atom. The normalized spacial score (nSPS) is 15.5. The molecule has 0 atom stereocenters. The van der Waals surface area contributed by atoms with Gasteiger partial charge in [0.2, 0.25) is 0 Å². The predicted molar refractivity (Wildman–Crippen MR) is 95.0 cm³/mol. The molecule has 0 amide bonds. The summed E-state index contributed by atoms with van der Waals surface area (Å²) >= 11 is 0. The lowest BCUT2D eigenvalue weighted by atomic mass is 10.2. The van der Waals surface area contributed by atoms with Gasteiger partial charge in [-0.2, -0.15) is 4.86 Å². The fraction of sp³-hybridized carbons (Fsp3) is 1.00. The van der Waals surface area contributed by atoms with Crippen molar-refractivity contribution in [1.29, 1.82) is 0 Å². The topological polar surface area (TPSA) is 14.1 Å². The third kappa shape index (κ3) is 6.41. The third-order valence-electron chi connectivity index (χ3n) is 2.72. The molecule has 0 aliphatic rings. The molecule has 0 saturated heterocycles. The van der Waals surface area contributed by atoms with Crippen molar-refractivity contribution in [2.75, 3.05) is 0 Å². The molecule has 0 heterocycles. The average molecular weight is 304 g/mol. The van der Waals surface area contributed by atoms with E-state index >= 15 is 0 Å². The Morgan fingerprint density at radius 2 is 0.579 bits per heavy atom. The molecule has 0 spiro atoms. The Kier molecular flexibility index (Phi) is 6.16. The lowest BCUT2D eigenvalue weighted by molar-refractivity contribution is 0.679. The van der Waals surface area contributed by atoms with Crippen molar-refractivity contribution in [1.82, 2.24) is 4.86 Å². The van der Waals surface area contributed by atoms with Crippen LogP contribution in [-0.4, -0.2) is 20.6 Å². The van der Waals surface area contributed by atoms with Crippen LogP contribution in [0.3, 0.4) is 0 Å². The second-order valence-corrected chi connectivity index (χ2v) is 16.7. The standard InChI is InChI=1S/C16H36NP2/c1-13(2,3)18(14(4,5)6)17-19(15(7,8)9)16(10,11)12/h1-12H3. The third-order valence-corrected chi connectivity index (χ3v) is 9.23. The maximum atomic E-state index is 5.49. The lowest BCUT2D eigenvalue weighted by Gasteiger charge is -2.48. The minimum absolute atomic E-state index is 0.282. The summed E-state index contributed by atoms with van der Waals surface area (Å²) in [6.07, 6.45) is 0. The van der Waals surface area contributed by atoms with Crippen LogP contribution in [0.2, 0.25) is 0 Å². The Balaban J connectivity index is 5.43. The molecule has 0 rings (SSSR count). The van der Waals surface area contributed by atoms with Crippen LogP contribution >= 0.6 is 16.1 Å². The van der Waals surface area contributed by atoms with Crippen molar-refractivity contribution in [2.45, 2.75) is 104 Å². The van der Waals surface area contributed by atoms with Crippen LogP contribution in [0, 0.1) is 0 Å². The van der Waals surface area contributed by atoms with Gasteiger partial charge >= 0.3 is 0 Å². The molecule has 0 aliphatic carbocycles. The summed E-state index contributed by atoms with van der Waals surface area (Å²) in [5.41, 5.74) is 0. The van der Waals surface area contributed by atoms with E-state index in [2.05, 4.69) is 83.1 Å². The van der Waals surface area contributed by atoms with Crippen LogP contribution in [0.15, 0.2) is 0 Å². The molecule has 1 radical (unpaired) electrons. The number of hydrogen-bond donors (Lipinski definition) is 0. The van der Waals surface area contributed by atoms with Crippen molar-refractivity contribution < 1.29 is 0 Å². The van der Waals surface area contributed by atoms with Gasteiger partial charge in [-0.25, -0.2) is 0 Å². The monoisotopic (exact) mass is 304 g/mol. The predicted octanol–water partition coefficient (Wildman–Crippen LogP) is 6.58. The Morgan fingerprint density at radius 1 is 0.421 bits per heavy atom. The first-order valence-corrected chi connectivity index (χ1v) is 9.88. The van der Waals surface area contributed by atoms with E-state index in [4.69, 9.17) is 4.86 Å². The number of nitrogens with zero attached hydrogens (tertiary/aromatic N) is 1. The van der Waals surface area contributed by atoms with Gasteiger partial charge in [-0.05, 0) is 36.8 Å². The molecule has 0 aromatic carbocycles. The van der Waals surface area contributed by atoms with E-state index < -0.39 is 0 Å². The van der Waals surface area contributed by atoms with Crippen molar-refractivity contribution in [3.63, 3.8) is 0 Å². The van der Waals surface area contributed by atoms with E-state index in [1.807, 2.05) is 0 Å². The van der Waals surface area contributed by atoms with E-state index in [1.54, 1.807) is 0 Å². The highest BCUT2D eigenvalue weighted by Gasteiger charge is 2.43. The van der Waals surface area contributed by atoms with Crippen molar-refractivity contribution in [2.24, 2.45) is 0 Å². The molecule has 0 aliphatic heterocycles. The maximum absolute atomic E-state index is 5.49. The Labute approximate surface area is 125 Å². The SMILES string of the molecule is CC(C)(C)P([N]P(C(C)(C)C)C(C)(C)C)C(C)(C)C. The molecule has 115 valence electrons. The van der Waals surface area contributed by atoms with Gasteiger partial charge < -0.3 is 0 Å². The zero-order valence-electron chi connectivity index (χ0n) is 15.3. The van der Waals surface area contributed by atoms with Crippen molar-refractivity contribution in [3.8, 4) is 0 Å². The molecule has 0 unspecified atom stereocenters. The van der Waals surface area contributed by atoms with Gasteiger partial charge in [-0.3, -0.25) is 0 Å². The fourth-order valence-electron chi connectivity index (χ4n) is 2.64. The van der Waals surface area contributed by atoms with E-state index in [1.165, 1.54) is 0 Å². The smallest absolute Gasteiger partial charge is 0.00233 e. The molecule has 0 fully saturated rings. The summed E-state index contributed by atoms with van der Waals surface area (Å²) < 4.78 is 0. The minimum atomic E-state index is -0.357.